The van der Waals surface area contributed by atoms with Crippen molar-refractivity contribution >= 4 is 40.7 Å². The van der Waals surface area contributed by atoms with E-state index in [0.29, 0.717) is 16.6 Å². The molecule has 1 aromatic heterocycles. The van der Waals surface area contributed by atoms with E-state index in [4.69, 9.17) is 33.1 Å². The van der Waals surface area contributed by atoms with Gasteiger partial charge >= 0.3 is 0 Å². The highest BCUT2D eigenvalue weighted by molar-refractivity contribution is 7.99. The number of ketones is 1. The summed E-state index contributed by atoms with van der Waals surface area (Å²) >= 11 is 14.7. The van der Waals surface area contributed by atoms with E-state index < -0.39 is 5.78 Å². The molecule has 0 bridgehead atoms. The monoisotopic (exact) mass is 416 g/mol. The molecule has 1 aromatic carbocycles. The van der Waals surface area contributed by atoms with Crippen LogP contribution in [0.5, 0.6) is 0 Å². The lowest BCUT2D eigenvalue weighted by Gasteiger charge is -2.34. The van der Waals surface area contributed by atoms with Crippen LogP contribution in [0.15, 0.2) is 22.0 Å². The second-order valence-electron chi connectivity index (χ2n) is 6.47. The number of hydrogen-bond acceptors (Lipinski definition) is 5. The number of aromatic nitrogens is 2. The van der Waals surface area contributed by atoms with E-state index in [9.17, 15) is 9.59 Å². The molecule has 0 spiro atoms. The molecule has 0 radical (unpaired) electrons. The van der Waals surface area contributed by atoms with Gasteiger partial charge in [-0.2, -0.15) is 0 Å². The maximum atomic E-state index is 12.9. The van der Waals surface area contributed by atoms with Crippen molar-refractivity contribution in [2.75, 3.05) is 5.75 Å². The van der Waals surface area contributed by atoms with Crippen LogP contribution >= 0.6 is 35.0 Å². The lowest BCUT2D eigenvalue weighted by atomic mass is 9.80. The van der Waals surface area contributed by atoms with Crippen LogP contribution in [0.3, 0.4) is 0 Å². The van der Waals surface area contributed by atoms with E-state index in [1.807, 2.05) is 6.92 Å². The van der Waals surface area contributed by atoms with E-state index in [1.165, 1.54) is 10.9 Å². The summed E-state index contributed by atoms with van der Waals surface area (Å²) in [7, 11) is 0. The Morgan fingerprint density at radius 1 is 1.31 bits per heavy atom. The fourth-order valence-electron chi connectivity index (χ4n) is 3.00. The van der Waals surface area contributed by atoms with Gasteiger partial charge in [0.2, 0.25) is 5.78 Å². The molecule has 140 valence electrons. The van der Waals surface area contributed by atoms with Gasteiger partial charge in [0.15, 0.2) is 0 Å². The summed E-state index contributed by atoms with van der Waals surface area (Å²) in [6, 6.07) is 1.59. The van der Waals surface area contributed by atoms with Crippen molar-refractivity contribution in [3.05, 3.63) is 59.3 Å². The highest BCUT2D eigenvalue weighted by atomic mass is 35.5. The Hall–Kier alpha value is -1.57. The third kappa shape index (κ3) is 3.48. The van der Waals surface area contributed by atoms with Crippen LogP contribution in [-0.2, 0) is 12.0 Å². The zero-order valence-corrected chi connectivity index (χ0v) is 16.8. The van der Waals surface area contributed by atoms with Crippen molar-refractivity contribution in [3.63, 3.8) is 0 Å². The van der Waals surface area contributed by atoms with Gasteiger partial charge in [0.25, 0.3) is 5.56 Å². The third-order valence-corrected chi connectivity index (χ3v) is 6.39. The first-order valence-corrected chi connectivity index (χ1v) is 9.67. The molecule has 0 saturated heterocycles. The molecule has 3 rings (SSSR count). The van der Waals surface area contributed by atoms with Crippen molar-refractivity contribution < 1.29 is 4.79 Å². The molecule has 0 amide bonds. The van der Waals surface area contributed by atoms with Gasteiger partial charge in [0.05, 0.1) is 10.0 Å². The molecule has 9 heteroatoms. The predicted octanol–water partition coefficient (Wildman–Crippen LogP) is 4.57. The zero-order valence-electron chi connectivity index (χ0n) is 14.5. The minimum absolute atomic E-state index is 0.0797. The SMILES string of the molecule is CCn1[nH]cc(C(=O)c2cc(Cl)c3c(c2Cl)C(C)(C)CCS3)c1=O.O=O. The number of benzene rings is 1. The first-order chi connectivity index (χ1) is 12.3. The largest absolute Gasteiger partial charge is 0.302 e. The second kappa shape index (κ2) is 7.98. The van der Waals surface area contributed by atoms with Crippen LogP contribution < -0.4 is 5.56 Å². The van der Waals surface area contributed by atoms with Gasteiger partial charge in [-0.25, -0.2) is 0 Å². The number of nitrogens with zero attached hydrogens (tertiary/aromatic N) is 1. The average molecular weight is 417 g/mol. The van der Waals surface area contributed by atoms with Crippen molar-refractivity contribution in [3.8, 4) is 0 Å². The summed E-state index contributed by atoms with van der Waals surface area (Å²) in [4.78, 5) is 40.1. The quantitative estimate of drug-likeness (QED) is 0.739. The first-order valence-electron chi connectivity index (χ1n) is 7.92. The van der Waals surface area contributed by atoms with E-state index in [1.54, 1.807) is 17.8 Å². The lowest BCUT2D eigenvalue weighted by molar-refractivity contribution is 0.103. The Balaban J connectivity index is 0.00000117. The number of nitrogens with one attached hydrogen (secondary N) is 1. The van der Waals surface area contributed by atoms with Crippen LogP contribution in [0.4, 0.5) is 0 Å². The molecule has 1 aliphatic rings. The fourth-order valence-corrected chi connectivity index (χ4v) is 5.45. The molecule has 0 fully saturated rings. The number of aromatic amines is 1. The number of carbonyl (C=O) groups excluding carboxylic acids is 1. The number of halogens is 2. The summed E-state index contributed by atoms with van der Waals surface area (Å²) in [5, 5.41) is 3.71. The minimum Gasteiger partial charge on any atom is -0.302 e. The molecule has 1 N–H and O–H groups in total. The molecular formula is C17H18Cl2N2O4S. The number of carbonyl (C=O) groups is 1. The lowest BCUT2D eigenvalue weighted by Crippen LogP contribution is -2.25. The molecule has 6 nitrogen and oxygen atoms in total. The maximum absolute atomic E-state index is 12.9. The smallest absolute Gasteiger partial charge is 0.277 e. The molecule has 2 aromatic rings. The minimum atomic E-state index is -0.399. The molecular weight excluding hydrogens is 399 g/mol. The Morgan fingerprint density at radius 3 is 2.54 bits per heavy atom. The maximum Gasteiger partial charge on any atom is 0.277 e. The van der Waals surface area contributed by atoms with E-state index >= 15 is 0 Å². The summed E-state index contributed by atoms with van der Waals surface area (Å²) < 4.78 is 1.38. The molecule has 2 heterocycles. The highest BCUT2D eigenvalue weighted by Crippen LogP contribution is 2.49. The van der Waals surface area contributed by atoms with Gasteiger partial charge in [-0.3, -0.25) is 14.3 Å². The van der Waals surface area contributed by atoms with E-state index in [-0.39, 0.29) is 22.1 Å². The number of fused-ring (bicyclic) bond motifs is 1. The van der Waals surface area contributed by atoms with Crippen LogP contribution in [0.2, 0.25) is 10.0 Å². The van der Waals surface area contributed by atoms with Gasteiger partial charge in [-0.05, 0) is 36.1 Å². The number of aryl methyl sites for hydroxylation is 1. The van der Waals surface area contributed by atoms with Crippen molar-refractivity contribution in [2.45, 2.75) is 44.0 Å². The van der Waals surface area contributed by atoms with E-state index in [0.717, 1.165) is 22.6 Å². The summed E-state index contributed by atoms with van der Waals surface area (Å²) in [6.07, 6.45) is 2.38. The number of rotatable bonds is 3. The van der Waals surface area contributed by atoms with Gasteiger partial charge in [-0.1, -0.05) is 37.0 Å². The van der Waals surface area contributed by atoms with Gasteiger partial charge in [-0.15, -0.1) is 11.8 Å². The Morgan fingerprint density at radius 2 is 1.96 bits per heavy atom. The topological polar surface area (TPSA) is 89.0 Å². The van der Waals surface area contributed by atoms with Gasteiger partial charge in [0.1, 0.15) is 5.56 Å². The number of thioether (sulfide) groups is 1. The van der Waals surface area contributed by atoms with Crippen LogP contribution in [0, 0.1) is 9.93 Å². The highest BCUT2D eigenvalue weighted by Gasteiger charge is 2.34. The zero-order chi connectivity index (χ0) is 19.6. The summed E-state index contributed by atoms with van der Waals surface area (Å²) in [5.74, 6) is 0.562. The number of hydrogen-bond donors (Lipinski definition) is 1. The standard InChI is InChI=1S/C17H18Cl2N2O2S.O2/c1-4-21-16(23)10(8-20-21)14(22)9-7-11(18)15-12(13(9)19)17(2,3)5-6-24-15;1-2/h7-8,20H,4-6H2,1-3H3;. The molecule has 1 aliphatic heterocycles. The second-order valence-corrected chi connectivity index (χ2v) is 8.36. The van der Waals surface area contributed by atoms with Crippen LogP contribution in [0.1, 0.15) is 48.7 Å². The van der Waals surface area contributed by atoms with Crippen molar-refractivity contribution in [1.82, 2.24) is 9.78 Å². The number of H-pyrrole nitrogens is 1. The summed E-state index contributed by atoms with van der Waals surface area (Å²) in [5.41, 5.74) is 0.759. The third-order valence-electron chi connectivity index (χ3n) is 4.47. The van der Waals surface area contributed by atoms with Crippen LogP contribution in [0.25, 0.3) is 0 Å². The normalized spacial score (nSPS) is 15.0. The molecule has 26 heavy (non-hydrogen) atoms. The Kier molecular flexibility index (Phi) is 6.37. The van der Waals surface area contributed by atoms with Crippen LogP contribution in [-0.4, -0.2) is 21.3 Å². The summed E-state index contributed by atoms with van der Waals surface area (Å²) in [6.45, 7) is 6.49. The molecule has 0 atom stereocenters. The van der Waals surface area contributed by atoms with Crippen molar-refractivity contribution in [1.29, 1.82) is 0 Å². The average Bonchev–Trinajstić information content (AvgIpc) is 2.99. The first kappa shape index (κ1) is 20.7. The molecule has 0 aliphatic carbocycles. The molecule has 0 saturated carbocycles. The van der Waals surface area contributed by atoms with Crippen molar-refractivity contribution in [2.24, 2.45) is 0 Å². The van der Waals surface area contributed by atoms with Gasteiger partial charge in [0, 0.05) is 33.1 Å². The van der Waals surface area contributed by atoms with Gasteiger partial charge < -0.3 is 5.10 Å². The van der Waals surface area contributed by atoms with E-state index in [2.05, 4.69) is 18.9 Å². The Bertz CT molecular complexity index is 905. The fraction of sp³-hybridized carbons (Fsp3) is 0.412. The molecule has 0 unspecified atom stereocenters. The predicted molar refractivity (Wildman–Crippen MR) is 106 cm³/mol. The Labute approximate surface area is 164 Å².